The molecule has 0 aliphatic carbocycles. The summed E-state index contributed by atoms with van der Waals surface area (Å²) in [5.41, 5.74) is 2.76. The van der Waals surface area contributed by atoms with E-state index in [1.54, 1.807) is 30.3 Å². The number of ether oxygens (including phenoxy) is 2. The van der Waals surface area contributed by atoms with E-state index in [2.05, 4.69) is 5.32 Å². The molecule has 0 unspecified atom stereocenters. The Bertz CT molecular complexity index is 1030. The summed E-state index contributed by atoms with van der Waals surface area (Å²) >= 11 is 0. The van der Waals surface area contributed by atoms with Crippen LogP contribution in [0.25, 0.3) is 11.1 Å². The van der Waals surface area contributed by atoms with Gasteiger partial charge >= 0.3 is 5.97 Å². The van der Waals surface area contributed by atoms with Crippen LogP contribution in [-0.4, -0.2) is 30.9 Å². The molecular formula is C24H21NO5. The number of hydrogen-bond donors (Lipinski definition) is 1. The molecule has 0 spiro atoms. The second-order valence-electron chi connectivity index (χ2n) is 6.48. The first-order chi connectivity index (χ1) is 14.6. The Morgan fingerprint density at radius 2 is 1.60 bits per heavy atom. The molecule has 1 amide bonds. The van der Waals surface area contributed by atoms with Crippen LogP contribution in [0.3, 0.4) is 0 Å². The van der Waals surface area contributed by atoms with Gasteiger partial charge in [0.15, 0.2) is 19.0 Å². The first-order valence-electron chi connectivity index (χ1n) is 9.40. The molecule has 0 bridgehead atoms. The van der Waals surface area contributed by atoms with Gasteiger partial charge in [0.2, 0.25) is 0 Å². The van der Waals surface area contributed by atoms with Crippen molar-refractivity contribution in [2.24, 2.45) is 0 Å². The molecule has 3 aromatic rings. The minimum atomic E-state index is -1.02. The minimum Gasteiger partial charge on any atom is -0.481 e. The van der Waals surface area contributed by atoms with Crippen LogP contribution in [0.2, 0.25) is 0 Å². The summed E-state index contributed by atoms with van der Waals surface area (Å²) in [6, 6.07) is 23.6. The van der Waals surface area contributed by atoms with Crippen LogP contribution in [-0.2, 0) is 14.3 Å². The lowest BCUT2D eigenvalue weighted by Gasteiger charge is -2.16. The number of hydrogen-bond acceptors (Lipinski definition) is 5. The van der Waals surface area contributed by atoms with Gasteiger partial charge in [0.25, 0.3) is 5.91 Å². The van der Waals surface area contributed by atoms with Crippen LogP contribution in [0.1, 0.15) is 17.3 Å². The summed E-state index contributed by atoms with van der Waals surface area (Å²) in [5.74, 6) is -0.895. The molecule has 30 heavy (non-hydrogen) atoms. The van der Waals surface area contributed by atoms with Crippen molar-refractivity contribution in [2.75, 3.05) is 11.9 Å². The molecule has 0 saturated carbocycles. The van der Waals surface area contributed by atoms with E-state index in [1.807, 2.05) is 48.5 Å². The SMILES string of the molecule is C[C@H](OC(=O)COc1ccccc1C=O)C(=O)Nc1ccccc1-c1ccccc1. The quantitative estimate of drug-likeness (QED) is 0.452. The average Bonchev–Trinajstić information content (AvgIpc) is 2.78. The van der Waals surface area contributed by atoms with Gasteiger partial charge < -0.3 is 14.8 Å². The topological polar surface area (TPSA) is 81.7 Å². The predicted octanol–water partition coefficient (Wildman–Crippen LogP) is 4.12. The van der Waals surface area contributed by atoms with E-state index in [0.29, 0.717) is 17.5 Å². The van der Waals surface area contributed by atoms with E-state index in [0.717, 1.165) is 11.1 Å². The Hall–Kier alpha value is -3.93. The smallest absolute Gasteiger partial charge is 0.344 e. The number of amides is 1. The molecular weight excluding hydrogens is 382 g/mol. The van der Waals surface area contributed by atoms with Crippen molar-refractivity contribution in [3.63, 3.8) is 0 Å². The minimum absolute atomic E-state index is 0.276. The molecule has 0 fully saturated rings. The highest BCUT2D eigenvalue weighted by atomic mass is 16.6. The van der Waals surface area contributed by atoms with Crippen LogP contribution in [0.15, 0.2) is 78.9 Å². The standard InChI is InChI=1S/C24H21NO5/c1-17(30-23(27)16-29-22-14-8-5-11-19(22)15-26)24(28)25-21-13-7-6-12-20(21)18-9-3-2-4-10-18/h2-15,17H,16H2,1H3,(H,25,28)/t17-/m0/s1. The zero-order valence-corrected chi connectivity index (χ0v) is 16.4. The fourth-order valence-electron chi connectivity index (χ4n) is 2.83. The van der Waals surface area contributed by atoms with Gasteiger partial charge in [0, 0.05) is 11.3 Å². The molecule has 0 saturated heterocycles. The first kappa shape index (κ1) is 20.8. The van der Waals surface area contributed by atoms with Gasteiger partial charge in [0.1, 0.15) is 5.75 Å². The zero-order chi connectivity index (χ0) is 21.3. The lowest BCUT2D eigenvalue weighted by molar-refractivity contribution is -0.155. The summed E-state index contributed by atoms with van der Waals surface area (Å²) in [4.78, 5) is 35.6. The highest BCUT2D eigenvalue weighted by Gasteiger charge is 2.19. The second-order valence-corrected chi connectivity index (χ2v) is 6.48. The van der Waals surface area contributed by atoms with Gasteiger partial charge in [-0.3, -0.25) is 9.59 Å². The van der Waals surface area contributed by atoms with Gasteiger partial charge in [0.05, 0.1) is 5.56 Å². The third-order valence-electron chi connectivity index (χ3n) is 4.34. The first-order valence-corrected chi connectivity index (χ1v) is 9.40. The molecule has 0 aliphatic rings. The Morgan fingerprint density at radius 1 is 0.933 bits per heavy atom. The van der Waals surface area contributed by atoms with Gasteiger partial charge in [-0.05, 0) is 30.7 Å². The second kappa shape index (κ2) is 10.0. The van der Waals surface area contributed by atoms with Gasteiger partial charge in [-0.1, -0.05) is 60.7 Å². The summed E-state index contributed by atoms with van der Waals surface area (Å²) < 4.78 is 10.5. The summed E-state index contributed by atoms with van der Waals surface area (Å²) in [5, 5.41) is 2.80. The number of para-hydroxylation sites is 2. The van der Waals surface area contributed by atoms with E-state index in [-0.39, 0.29) is 5.75 Å². The third-order valence-corrected chi connectivity index (χ3v) is 4.34. The van der Waals surface area contributed by atoms with Crippen molar-refractivity contribution in [3.05, 3.63) is 84.4 Å². The molecule has 0 heterocycles. The molecule has 0 radical (unpaired) electrons. The van der Waals surface area contributed by atoms with Crippen LogP contribution in [0.4, 0.5) is 5.69 Å². The number of benzene rings is 3. The zero-order valence-electron chi connectivity index (χ0n) is 16.4. The number of nitrogens with one attached hydrogen (secondary N) is 1. The van der Waals surface area contributed by atoms with Crippen molar-refractivity contribution in [2.45, 2.75) is 13.0 Å². The summed E-state index contributed by atoms with van der Waals surface area (Å²) in [7, 11) is 0. The van der Waals surface area contributed by atoms with Crippen LogP contribution >= 0.6 is 0 Å². The number of carbonyl (C=O) groups excluding carboxylic acids is 3. The van der Waals surface area contributed by atoms with Gasteiger partial charge in [-0.25, -0.2) is 4.79 Å². The summed E-state index contributed by atoms with van der Waals surface area (Å²) in [6.45, 7) is 1.07. The maximum atomic E-state index is 12.5. The van der Waals surface area contributed by atoms with Crippen LogP contribution < -0.4 is 10.1 Å². The third kappa shape index (κ3) is 5.32. The number of aldehydes is 1. The fourth-order valence-corrected chi connectivity index (χ4v) is 2.83. The Morgan fingerprint density at radius 3 is 2.37 bits per heavy atom. The lowest BCUT2D eigenvalue weighted by atomic mass is 10.0. The molecule has 0 aromatic heterocycles. The highest BCUT2D eigenvalue weighted by Crippen LogP contribution is 2.27. The molecule has 152 valence electrons. The molecule has 3 aromatic carbocycles. The number of carbonyl (C=O) groups is 3. The monoisotopic (exact) mass is 403 g/mol. The van der Waals surface area contributed by atoms with E-state index >= 15 is 0 Å². The Kier molecular flexibility index (Phi) is 6.95. The Balaban J connectivity index is 1.59. The lowest BCUT2D eigenvalue weighted by Crippen LogP contribution is -2.31. The molecule has 3 rings (SSSR count). The van der Waals surface area contributed by atoms with Gasteiger partial charge in [-0.15, -0.1) is 0 Å². The number of anilines is 1. The fraction of sp³-hybridized carbons (Fsp3) is 0.125. The van der Waals surface area contributed by atoms with E-state index in [9.17, 15) is 14.4 Å². The summed E-state index contributed by atoms with van der Waals surface area (Å²) in [6.07, 6.45) is -0.382. The van der Waals surface area contributed by atoms with Crippen molar-refractivity contribution < 1.29 is 23.9 Å². The highest BCUT2D eigenvalue weighted by molar-refractivity contribution is 5.98. The van der Waals surface area contributed by atoms with Crippen LogP contribution in [0, 0.1) is 0 Å². The van der Waals surface area contributed by atoms with E-state index in [4.69, 9.17) is 9.47 Å². The van der Waals surface area contributed by atoms with Crippen molar-refractivity contribution in [3.8, 4) is 16.9 Å². The normalized spacial score (nSPS) is 11.2. The maximum absolute atomic E-state index is 12.5. The van der Waals surface area contributed by atoms with E-state index < -0.39 is 24.6 Å². The molecule has 1 atom stereocenters. The molecule has 6 heteroatoms. The van der Waals surface area contributed by atoms with Gasteiger partial charge in [-0.2, -0.15) is 0 Å². The Labute approximate surface area is 174 Å². The molecule has 6 nitrogen and oxygen atoms in total. The van der Waals surface area contributed by atoms with E-state index in [1.165, 1.54) is 6.92 Å². The van der Waals surface area contributed by atoms with Crippen LogP contribution in [0.5, 0.6) is 5.75 Å². The average molecular weight is 403 g/mol. The van der Waals surface area contributed by atoms with Crippen molar-refractivity contribution in [1.29, 1.82) is 0 Å². The van der Waals surface area contributed by atoms with Crippen molar-refractivity contribution in [1.82, 2.24) is 0 Å². The maximum Gasteiger partial charge on any atom is 0.344 e. The number of esters is 1. The predicted molar refractivity (Wildman–Crippen MR) is 113 cm³/mol. The number of rotatable bonds is 8. The van der Waals surface area contributed by atoms with Crippen molar-refractivity contribution >= 4 is 23.9 Å². The molecule has 0 aliphatic heterocycles. The largest absolute Gasteiger partial charge is 0.481 e. The molecule has 1 N–H and O–H groups in total.